The van der Waals surface area contributed by atoms with E-state index < -0.39 is 0 Å². The van der Waals surface area contributed by atoms with Gasteiger partial charge in [0.25, 0.3) is 0 Å². The lowest BCUT2D eigenvalue weighted by atomic mass is 10.3. The Labute approximate surface area is 88.3 Å². The lowest BCUT2D eigenvalue weighted by Gasteiger charge is -2.02. The Morgan fingerprint density at radius 2 is 2.07 bits per heavy atom. The molecule has 15 heavy (non-hydrogen) atoms. The second-order valence-corrected chi connectivity index (χ2v) is 3.36. The van der Waals surface area contributed by atoms with Gasteiger partial charge in [-0.1, -0.05) is 11.2 Å². The largest absolute Gasteiger partial charge is 0.364 e. The van der Waals surface area contributed by atoms with E-state index in [-0.39, 0.29) is 0 Å². The van der Waals surface area contributed by atoms with Crippen molar-refractivity contribution in [2.24, 2.45) is 0 Å². The molecule has 2 aromatic rings. The smallest absolute Gasteiger partial charge is 0.124 e. The van der Waals surface area contributed by atoms with Crippen LogP contribution in [-0.4, -0.2) is 10.1 Å². The fourth-order valence-corrected chi connectivity index (χ4v) is 1.35. The third-order valence-corrected chi connectivity index (χ3v) is 2.05. The molecule has 4 nitrogen and oxygen atoms in total. The highest BCUT2D eigenvalue weighted by Crippen LogP contribution is 1.98. The minimum Gasteiger partial charge on any atom is -0.364 e. The van der Waals surface area contributed by atoms with Crippen molar-refractivity contribution in [1.29, 1.82) is 0 Å². The van der Waals surface area contributed by atoms with Gasteiger partial charge in [0.1, 0.15) is 6.26 Å². The van der Waals surface area contributed by atoms with Crippen LogP contribution in [0.5, 0.6) is 0 Å². The number of hydrogen-bond acceptors (Lipinski definition) is 4. The van der Waals surface area contributed by atoms with Gasteiger partial charge in [-0.15, -0.1) is 0 Å². The minimum atomic E-state index is 0.701. The van der Waals surface area contributed by atoms with Gasteiger partial charge in [-0.25, -0.2) is 0 Å². The summed E-state index contributed by atoms with van der Waals surface area (Å²) in [5.41, 5.74) is 2.98. The highest BCUT2D eigenvalue weighted by atomic mass is 16.5. The van der Waals surface area contributed by atoms with Crippen molar-refractivity contribution in [2.45, 2.75) is 20.0 Å². The molecule has 1 N–H and O–H groups in total. The van der Waals surface area contributed by atoms with E-state index in [4.69, 9.17) is 4.52 Å². The molecule has 0 radical (unpaired) electrons. The number of aryl methyl sites for hydroxylation is 1. The van der Waals surface area contributed by atoms with Crippen LogP contribution >= 0.6 is 0 Å². The molecule has 0 spiro atoms. The Hall–Kier alpha value is -1.68. The van der Waals surface area contributed by atoms with Crippen molar-refractivity contribution in [3.63, 3.8) is 0 Å². The minimum absolute atomic E-state index is 0.701. The molecule has 0 aromatic carbocycles. The van der Waals surface area contributed by atoms with Gasteiger partial charge in [0.15, 0.2) is 0 Å². The van der Waals surface area contributed by atoms with E-state index in [1.54, 1.807) is 6.26 Å². The van der Waals surface area contributed by atoms with Crippen molar-refractivity contribution in [3.05, 3.63) is 47.6 Å². The zero-order chi connectivity index (χ0) is 10.5. The Morgan fingerprint density at radius 3 is 2.80 bits per heavy atom. The van der Waals surface area contributed by atoms with Crippen LogP contribution in [0.1, 0.15) is 17.1 Å². The molecule has 4 heteroatoms. The average molecular weight is 203 g/mol. The van der Waals surface area contributed by atoms with Crippen LogP contribution in [0, 0.1) is 6.92 Å². The van der Waals surface area contributed by atoms with E-state index in [2.05, 4.69) is 15.5 Å². The van der Waals surface area contributed by atoms with E-state index in [1.807, 2.05) is 31.2 Å². The molecular weight excluding hydrogens is 190 g/mol. The first-order valence-electron chi connectivity index (χ1n) is 4.87. The summed E-state index contributed by atoms with van der Waals surface area (Å²) in [4.78, 5) is 4.39. The summed E-state index contributed by atoms with van der Waals surface area (Å²) in [6.45, 7) is 3.43. The molecule has 2 aromatic heterocycles. The van der Waals surface area contributed by atoms with Gasteiger partial charge in [-0.3, -0.25) is 4.98 Å². The van der Waals surface area contributed by atoms with Crippen LogP contribution in [-0.2, 0) is 13.1 Å². The van der Waals surface area contributed by atoms with Crippen molar-refractivity contribution in [2.75, 3.05) is 0 Å². The maximum absolute atomic E-state index is 4.73. The molecule has 78 valence electrons. The molecule has 0 unspecified atom stereocenters. The van der Waals surface area contributed by atoms with Crippen LogP contribution in [0.25, 0.3) is 0 Å². The number of pyridine rings is 1. The van der Waals surface area contributed by atoms with E-state index in [9.17, 15) is 0 Å². The lowest BCUT2D eigenvalue weighted by molar-refractivity contribution is 0.408. The molecule has 2 heterocycles. The maximum atomic E-state index is 4.73. The molecule has 0 amide bonds. The molecule has 0 aliphatic rings. The first-order valence-corrected chi connectivity index (χ1v) is 4.87. The fraction of sp³-hybridized carbons (Fsp3) is 0.273. The number of nitrogens with one attached hydrogen (secondary N) is 1. The van der Waals surface area contributed by atoms with Gasteiger partial charge in [0, 0.05) is 24.8 Å². The van der Waals surface area contributed by atoms with Crippen molar-refractivity contribution in [3.8, 4) is 0 Å². The average Bonchev–Trinajstić information content (AvgIpc) is 2.71. The van der Waals surface area contributed by atoms with Gasteiger partial charge in [-0.05, 0) is 19.1 Å². The standard InChI is InChI=1S/C11H13N3O/c1-9-3-2-4-10(13-9)7-12-8-11-5-6-15-14-11/h2-6,12H,7-8H2,1H3. The summed E-state index contributed by atoms with van der Waals surface area (Å²) in [7, 11) is 0. The molecule has 0 saturated heterocycles. The molecule has 0 atom stereocenters. The van der Waals surface area contributed by atoms with Crippen LogP contribution in [0.2, 0.25) is 0 Å². The SMILES string of the molecule is Cc1cccc(CNCc2ccon2)n1. The van der Waals surface area contributed by atoms with E-state index >= 15 is 0 Å². The Balaban J connectivity index is 1.83. The van der Waals surface area contributed by atoms with E-state index in [0.29, 0.717) is 6.54 Å². The summed E-state index contributed by atoms with van der Waals surface area (Å²) in [5, 5.41) is 7.05. The zero-order valence-electron chi connectivity index (χ0n) is 8.60. The predicted octanol–water partition coefficient (Wildman–Crippen LogP) is 1.67. The second kappa shape index (κ2) is 4.70. The quantitative estimate of drug-likeness (QED) is 0.821. The number of aromatic nitrogens is 2. The first-order chi connectivity index (χ1) is 7.34. The van der Waals surface area contributed by atoms with Gasteiger partial charge in [0.05, 0.1) is 11.4 Å². The van der Waals surface area contributed by atoms with E-state index in [0.717, 1.165) is 23.6 Å². The lowest BCUT2D eigenvalue weighted by Crippen LogP contribution is -2.13. The molecule has 0 aliphatic carbocycles. The van der Waals surface area contributed by atoms with Gasteiger partial charge >= 0.3 is 0 Å². The summed E-state index contributed by atoms with van der Waals surface area (Å²) >= 11 is 0. The molecule has 0 fully saturated rings. The van der Waals surface area contributed by atoms with Crippen LogP contribution in [0.3, 0.4) is 0 Å². The second-order valence-electron chi connectivity index (χ2n) is 3.36. The monoisotopic (exact) mass is 203 g/mol. The fourth-order valence-electron chi connectivity index (χ4n) is 1.35. The first kappa shape index (κ1) is 9.86. The summed E-state index contributed by atoms with van der Waals surface area (Å²) in [6, 6.07) is 7.84. The maximum Gasteiger partial charge on any atom is 0.124 e. The third-order valence-electron chi connectivity index (χ3n) is 2.05. The number of rotatable bonds is 4. The van der Waals surface area contributed by atoms with Crippen LogP contribution < -0.4 is 5.32 Å². The molecule has 0 bridgehead atoms. The van der Waals surface area contributed by atoms with Crippen molar-refractivity contribution < 1.29 is 4.52 Å². The Morgan fingerprint density at radius 1 is 1.20 bits per heavy atom. The summed E-state index contributed by atoms with van der Waals surface area (Å²) in [5.74, 6) is 0. The van der Waals surface area contributed by atoms with Crippen molar-refractivity contribution >= 4 is 0 Å². The highest BCUT2D eigenvalue weighted by molar-refractivity contribution is 5.09. The van der Waals surface area contributed by atoms with Crippen LogP contribution in [0.4, 0.5) is 0 Å². The number of nitrogens with zero attached hydrogens (tertiary/aromatic N) is 2. The highest BCUT2D eigenvalue weighted by Gasteiger charge is 1.97. The Bertz CT molecular complexity index is 412. The number of hydrogen-bond donors (Lipinski definition) is 1. The zero-order valence-corrected chi connectivity index (χ0v) is 8.60. The normalized spacial score (nSPS) is 10.5. The summed E-state index contributed by atoms with van der Waals surface area (Å²) in [6.07, 6.45) is 1.57. The van der Waals surface area contributed by atoms with E-state index in [1.165, 1.54) is 0 Å². The third kappa shape index (κ3) is 2.89. The van der Waals surface area contributed by atoms with Gasteiger partial charge in [-0.2, -0.15) is 0 Å². The molecule has 0 saturated carbocycles. The predicted molar refractivity (Wildman–Crippen MR) is 56.0 cm³/mol. The van der Waals surface area contributed by atoms with Crippen LogP contribution in [0.15, 0.2) is 35.1 Å². The summed E-state index contributed by atoms with van der Waals surface area (Å²) < 4.78 is 4.73. The topological polar surface area (TPSA) is 51.0 Å². The van der Waals surface area contributed by atoms with Gasteiger partial charge in [0.2, 0.25) is 0 Å². The molecule has 2 rings (SSSR count). The molecule has 0 aliphatic heterocycles. The van der Waals surface area contributed by atoms with Gasteiger partial charge < -0.3 is 9.84 Å². The van der Waals surface area contributed by atoms with Crippen molar-refractivity contribution in [1.82, 2.24) is 15.5 Å². The Kier molecular flexibility index (Phi) is 3.09. The molecular formula is C11H13N3O.